The second kappa shape index (κ2) is 4.68. The summed E-state index contributed by atoms with van der Waals surface area (Å²) in [5.41, 5.74) is -0.00528. The Labute approximate surface area is 70.0 Å². The minimum atomic E-state index is -0.00528. The minimum Gasteiger partial charge on any atom is -0.494 e. The van der Waals surface area contributed by atoms with Gasteiger partial charge in [-0.1, -0.05) is 24.8 Å². The van der Waals surface area contributed by atoms with Crippen LogP contribution in [-0.2, 0) is 4.74 Å². The van der Waals surface area contributed by atoms with Gasteiger partial charge in [-0.05, 0) is 5.18 Å². The Morgan fingerprint density at radius 2 is 2.18 bits per heavy atom. The molecule has 0 saturated heterocycles. The van der Waals surface area contributed by atoms with Crippen molar-refractivity contribution in [3.05, 3.63) is 40.6 Å². The Morgan fingerprint density at radius 3 is 2.45 bits per heavy atom. The van der Waals surface area contributed by atoms with Gasteiger partial charge in [-0.3, -0.25) is 0 Å². The molecule has 0 aromatic carbocycles. The molecule has 0 aromatic rings. The highest BCUT2D eigenvalue weighted by Gasteiger charge is 2.01. The van der Waals surface area contributed by atoms with Crippen LogP contribution in [0.2, 0.25) is 0 Å². The fourth-order valence-corrected chi connectivity index (χ4v) is 0.546. The van der Waals surface area contributed by atoms with Crippen LogP contribution in [0, 0.1) is 4.91 Å². The maximum absolute atomic E-state index is 9.94. The number of ether oxygens (including phenoxy) is 1. The van der Waals surface area contributed by atoms with Gasteiger partial charge in [0, 0.05) is 11.1 Å². The molecule has 4 heteroatoms. The monoisotopic (exact) mass is 173 g/mol. The molecule has 0 aliphatic rings. The molecule has 0 amide bonds. The number of halogens is 1. The Bertz CT molecular complexity index is 220. The molecule has 0 aliphatic heterocycles. The van der Waals surface area contributed by atoms with Crippen LogP contribution in [0.4, 0.5) is 0 Å². The van der Waals surface area contributed by atoms with Gasteiger partial charge in [-0.25, -0.2) is 0 Å². The first-order valence-corrected chi connectivity index (χ1v) is 3.12. The summed E-state index contributed by atoms with van der Waals surface area (Å²) in [6, 6.07) is 0. The van der Waals surface area contributed by atoms with Gasteiger partial charge in [-0.15, -0.1) is 4.91 Å². The molecule has 0 N–H and O–H groups in total. The highest BCUT2D eigenvalue weighted by molar-refractivity contribution is 6.30. The van der Waals surface area contributed by atoms with Crippen LogP contribution in [0.1, 0.15) is 0 Å². The van der Waals surface area contributed by atoms with Crippen LogP contribution in [0.25, 0.3) is 0 Å². The Morgan fingerprint density at radius 1 is 1.64 bits per heavy atom. The largest absolute Gasteiger partial charge is 0.494 e. The standard InChI is InChI=1S/C7H8ClNO2/c1-5(8)4-7(11-3)6(2)9-10/h4H,1-2H2,3H3/b7-4+. The van der Waals surface area contributed by atoms with Crippen LogP contribution >= 0.6 is 11.6 Å². The van der Waals surface area contributed by atoms with Crippen LogP contribution in [0.15, 0.2) is 40.9 Å². The lowest BCUT2D eigenvalue weighted by Crippen LogP contribution is -1.87. The van der Waals surface area contributed by atoms with Crippen molar-refractivity contribution >= 4 is 11.6 Å². The molecule has 0 radical (unpaired) electrons. The molecule has 0 heterocycles. The molecule has 0 unspecified atom stereocenters. The Balaban J connectivity index is 4.52. The minimum absolute atomic E-state index is 0.00528. The molecule has 0 fully saturated rings. The maximum Gasteiger partial charge on any atom is 0.148 e. The highest BCUT2D eigenvalue weighted by Crippen LogP contribution is 2.13. The first-order valence-electron chi connectivity index (χ1n) is 2.74. The average molecular weight is 174 g/mol. The van der Waals surface area contributed by atoms with E-state index >= 15 is 0 Å². The van der Waals surface area contributed by atoms with E-state index in [2.05, 4.69) is 18.3 Å². The van der Waals surface area contributed by atoms with Gasteiger partial charge in [0.25, 0.3) is 0 Å². The first kappa shape index (κ1) is 9.91. The van der Waals surface area contributed by atoms with E-state index in [-0.39, 0.29) is 16.5 Å². The third-order valence-electron chi connectivity index (χ3n) is 0.902. The second-order valence-corrected chi connectivity index (χ2v) is 2.18. The lowest BCUT2D eigenvalue weighted by molar-refractivity contribution is 0.300. The second-order valence-electron chi connectivity index (χ2n) is 1.70. The summed E-state index contributed by atoms with van der Waals surface area (Å²) in [6.07, 6.45) is 1.37. The molecular formula is C7H8ClNO2. The van der Waals surface area contributed by atoms with Gasteiger partial charge < -0.3 is 4.74 Å². The van der Waals surface area contributed by atoms with Gasteiger partial charge in [-0.2, -0.15) is 0 Å². The normalized spacial score (nSPS) is 10.5. The molecule has 0 atom stereocenters. The topological polar surface area (TPSA) is 38.7 Å². The van der Waals surface area contributed by atoms with Gasteiger partial charge >= 0.3 is 0 Å². The van der Waals surface area contributed by atoms with Gasteiger partial charge in [0.1, 0.15) is 11.5 Å². The number of nitroso groups, excluding NO2 is 1. The maximum atomic E-state index is 9.94. The van der Waals surface area contributed by atoms with E-state index in [1.54, 1.807) is 0 Å². The first-order chi connectivity index (χ1) is 5.11. The predicted octanol–water partition coefficient (Wildman–Crippen LogP) is 2.55. The van der Waals surface area contributed by atoms with Crippen molar-refractivity contribution in [2.45, 2.75) is 0 Å². The number of rotatable bonds is 4. The average Bonchev–Trinajstić information content (AvgIpc) is 1.98. The summed E-state index contributed by atoms with van der Waals surface area (Å²) in [5, 5.41) is 2.83. The van der Waals surface area contributed by atoms with Crippen molar-refractivity contribution < 1.29 is 4.74 Å². The third-order valence-corrected chi connectivity index (χ3v) is 1.01. The molecule has 3 nitrogen and oxygen atoms in total. The number of nitrogens with zero attached hydrogens (tertiary/aromatic N) is 1. The van der Waals surface area contributed by atoms with E-state index in [9.17, 15) is 4.91 Å². The van der Waals surface area contributed by atoms with Crippen LogP contribution < -0.4 is 0 Å². The van der Waals surface area contributed by atoms with Gasteiger partial charge in [0.15, 0.2) is 0 Å². The fourth-order valence-electron chi connectivity index (χ4n) is 0.447. The molecule has 0 bridgehead atoms. The fraction of sp³-hybridized carbons (Fsp3) is 0.143. The van der Waals surface area contributed by atoms with Crippen molar-refractivity contribution in [3.8, 4) is 0 Å². The van der Waals surface area contributed by atoms with E-state index in [1.807, 2.05) is 0 Å². The van der Waals surface area contributed by atoms with E-state index in [1.165, 1.54) is 13.2 Å². The van der Waals surface area contributed by atoms with E-state index in [4.69, 9.17) is 16.3 Å². The SMILES string of the molecule is C=C(Cl)/C=C(/OC)C(=C)N=O. The van der Waals surface area contributed by atoms with Crippen molar-refractivity contribution in [1.82, 2.24) is 0 Å². The third kappa shape index (κ3) is 3.57. The zero-order valence-electron chi connectivity index (χ0n) is 6.13. The van der Waals surface area contributed by atoms with E-state index in [0.29, 0.717) is 0 Å². The van der Waals surface area contributed by atoms with Crippen LogP contribution in [0.5, 0.6) is 0 Å². The van der Waals surface area contributed by atoms with Crippen molar-refractivity contribution in [2.75, 3.05) is 7.11 Å². The lowest BCUT2D eigenvalue weighted by Gasteiger charge is -2.00. The zero-order valence-corrected chi connectivity index (χ0v) is 6.89. The molecule has 0 spiro atoms. The Hall–Kier alpha value is -1.09. The predicted molar refractivity (Wildman–Crippen MR) is 45.0 cm³/mol. The molecule has 0 aliphatic carbocycles. The molecule has 0 aromatic heterocycles. The van der Waals surface area contributed by atoms with E-state index < -0.39 is 0 Å². The van der Waals surface area contributed by atoms with Crippen LogP contribution in [-0.4, -0.2) is 7.11 Å². The quantitative estimate of drug-likeness (QED) is 0.372. The molecule has 0 rings (SSSR count). The van der Waals surface area contributed by atoms with Crippen molar-refractivity contribution in [1.29, 1.82) is 0 Å². The van der Waals surface area contributed by atoms with Gasteiger partial charge in [0.2, 0.25) is 0 Å². The Kier molecular flexibility index (Phi) is 4.22. The number of allylic oxidation sites excluding steroid dienone is 2. The summed E-state index contributed by atoms with van der Waals surface area (Å²) in [7, 11) is 1.39. The molecule has 11 heavy (non-hydrogen) atoms. The summed E-state index contributed by atoms with van der Waals surface area (Å²) in [6.45, 7) is 6.71. The molecular weight excluding hydrogens is 166 g/mol. The summed E-state index contributed by atoms with van der Waals surface area (Å²) in [4.78, 5) is 9.94. The van der Waals surface area contributed by atoms with E-state index in [0.717, 1.165) is 0 Å². The lowest BCUT2D eigenvalue weighted by atomic mass is 10.3. The summed E-state index contributed by atoms with van der Waals surface area (Å²) >= 11 is 5.42. The van der Waals surface area contributed by atoms with Gasteiger partial charge in [0.05, 0.1) is 7.11 Å². The zero-order chi connectivity index (χ0) is 8.85. The number of methoxy groups -OCH3 is 1. The molecule has 0 saturated carbocycles. The van der Waals surface area contributed by atoms with Crippen molar-refractivity contribution in [2.24, 2.45) is 5.18 Å². The summed E-state index contributed by atoms with van der Waals surface area (Å²) < 4.78 is 4.74. The van der Waals surface area contributed by atoms with Crippen LogP contribution in [0.3, 0.4) is 0 Å². The van der Waals surface area contributed by atoms with Crippen molar-refractivity contribution in [3.63, 3.8) is 0 Å². The number of hydrogen-bond donors (Lipinski definition) is 0. The highest BCUT2D eigenvalue weighted by atomic mass is 35.5. The summed E-state index contributed by atoms with van der Waals surface area (Å²) in [5.74, 6) is 0.222. The molecule has 60 valence electrons. The number of hydrogen-bond acceptors (Lipinski definition) is 3. The smallest absolute Gasteiger partial charge is 0.148 e.